The van der Waals surface area contributed by atoms with E-state index in [0.29, 0.717) is 19.0 Å². The van der Waals surface area contributed by atoms with E-state index in [2.05, 4.69) is 15.2 Å². The summed E-state index contributed by atoms with van der Waals surface area (Å²) in [5.74, 6) is 1.39. The van der Waals surface area contributed by atoms with E-state index in [-0.39, 0.29) is 17.1 Å². The molecule has 0 N–H and O–H groups in total. The summed E-state index contributed by atoms with van der Waals surface area (Å²) >= 11 is 0. The van der Waals surface area contributed by atoms with Crippen molar-refractivity contribution in [1.82, 2.24) is 24.1 Å². The molecule has 2 aliphatic rings. The Hall–Kier alpha value is -2.00. The molecule has 1 saturated heterocycles. The van der Waals surface area contributed by atoms with E-state index >= 15 is 0 Å². The van der Waals surface area contributed by atoms with Crippen LogP contribution in [0.5, 0.6) is 0 Å². The molecule has 2 fully saturated rings. The van der Waals surface area contributed by atoms with Gasteiger partial charge >= 0.3 is 0 Å². The lowest BCUT2D eigenvalue weighted by Gasteiger charge is -2.43. The maximum absolute atomic E-state index is 12.8. The molecule has 0 atom stereocenters. The molecule has 1 saturated carbocycles. The number of hydrogen-bond acceptors (Lipinski definition) is 6. The molecule has 0 radical (unpaired) electrons. The number of hydrogen-bond donors (Lipinski definition) is 0. The van der Waals surface area contributed by atoms with Crippen LogP contribution >= 0.6 is 0 Å². The molecule has 3 heterocycles. The Labute approximate surface area is 153 Å². The monoisotopic (exact) mass is 376 g/mol. The highest BCUT2D eigenvalue weighted by Gasteiger charge is 2.38. The van der Waals surface area contributed by atoms with Crippen LogP contribution in [0.4, 0.5) is 5.82 Å². The molecule has 8 nitrogen and oxygen atoms in total. The molecule has 0 aromatic carbocycles. The van der Waals surface area contributed by atoms with Gasteiger partial charge < -0.3 is 9.47 Å². The summed E-state index contributed by atoms with van der Waals surface area (Å²) in [7, 11) is -1.97. The second-order valence-corrected chi connectivity index (χ2v) is 9.37. The quantitative estimate of drug-likeness (QED) is 0.762. The average molecular weight is 376 g/mol. The van der Waals surface area contributed by atoms with Gasteiger partial charge in [0.05, 0.1) is 18.1 Å². The summed E-state index contributed by atoms with van der Waals surface area (Å²) in [5.41, 5.74) is 1.06. The molecule has 1 aliphatic heterocycles. The summed E-state index contributed by atoms with van der Waals surface area (Å²) in [5, 5.41) is 8.68. The fourth-order valence-corrected chi connectivity index (χ4v) is 4.31. The predicted octanol–water partition coefficient (Wildman–Crippen LogP) is 1.64. The Morgan fingerprint density at radius 2 is 1.92 bits per heavy atom. The predicted molar refractivity (Wildman–Crippen MR) is 97.6 cm³/mol. The van der Waals surface area contributed by atoms with Crippen molar-refractivity contribution in [2.45, 2.75) is 49.7 Å². The van der Waals surface area contributed by atoms with Crippen LogP contribution < -0.4 is 4.90 Å². The number of nitrogens with zero attached hydrogens (tertiary/aromatic N) is 6. The first kappa shape index (κ1) is 17.4. The maximum Gasteiger partial charge on any atom is 0.262 e. The van der Waals surface area contributed by atoms with Crippen molar-refractivity contribution in [3.8, 4) is 0 Å². The van der Waals surface area contributed by atoms with Gasteiger partial charge in [0.2, 0.25) is 0 Å². The van der Waals surface area contributed by atoms with Gasteiger partial charge in [0.1, 0.15) is 0 Å². The molecule has 26 heavy (non-hydrogen) atoms. The Balaban J connectivity index is 1.40. The molecule has 1 aliphatic carbocycles. The van der Waals surface area contributed by atoms with Crippen molar-refractivity contribution in [3.63, 3.8) is 0 Å². The second-order valence-electron chi connectivity index (χ2n) is 7.42. The highest BCUT2D eigenvalue weighted by atomic mass is 32.2. The molecular weight excluding hydrogens is 352 g/mol. The minimum Gasteiger partial charge on any atom is -0.352 e. The number of rotatable bonds is 6. The van der Waals surface area contributed by atoms with Crippen LogP contribution in [0.15, 0.2) is 29.7 Å². The summed E-state index contributed by atoms with van der Waals surface area (Å²) < 4.78 is 28.8. The minimum atomic E-state index is -3.59. The van der Waals surface area contributed by atoms with Crippen LogP contribution in [0.1, 0.15) is 44.3 Å². The van der Waals surface area contributed by atoms with Crippen molar-refractivity contribution in [3.05, 3.63) is 30.4 Å². The maximum atomic E-state index is 12.8. The lowest BCUT2D eigenvalue weighted by atomic mass is 10.1. The molecular formula is C17H24N6O2S. The van der Waals surface area contributed by atoms with E-state index in [4.69, 9.17) is 0 Å². The Morgan fingerprint density at radius 3 is 2.46 bits per heavy atom. The van der Waals surface area contributed by atoms with Crippen LogP contribution in [0, 0.1) is 0 Å². The highest BCUT2D eigenvalue weighted by Crippen LogP contribution is 2.39. The van der Waals surface area contributed by atoms with E-state index < -0.39 is 10.0 Å². The minimum absolute atomic E-state index is 0.0888. The Kier molecular flexibility index (Phi) is 4.23. The normalized spacial score (nSPS) is 18.6. The Morgan fingerprint density at radius 1 is 1.19 bits per heavy atom. The lowest BCUT2D eigenvalue weighted by Crippen LogP contribution is -2.60. The molecule has 9 heteroatoms. The van der Waals surface area contributed by atoms with Crippen molar-refractivity contribution in [2.24, 2.45) is 0 Å². The molecule has 0 spiro atoms. The van der Waals surface area contributed by atoms with Crippen molar-refractivity contribution in [2.75, 3.05) is 25.0 Å². The summed E-state index contributed by atoms with van der Waals surface area (Å²) in [4.78, 5) is 6.13. The summed E-state index contributed by atoms with van der Waals surface area (Å²) in [6.07, 6.45) is 5.56. The first-order chi connectivity index (χ1) is 12.4. The van der Waals surface area contributed by atoms with Crippen molar-refractivity contribution in [1.29, 1.82) is 0 Å². The van der Waals surface area contributed by atoms with Crippen LogP contribution in [0.2, 0.25) is 0 Å². The second kappa shape index (κ2) is 6.31. The van der Waals surface area contributed by atoms with Crippen molar-refractivity contribution >= 4 is 15.8 Å². The molecule has 4 rings (SSSR count). The molecule has 0 bridgehead atoms. The van der Waals surface area contributed by atoms with Gasteiger partial charge in [0, 0.05) is 38.3 Å². The van der Waals surface area contributed by atoms with Gasteiger partial charge in [-0.05, 0) is 38.8 Å². The number of imidazole rings is 1. The number of anilines is 1. The molecule has 2 aromatic rings. The molecule has 2 aromatic heterocycles. The van der Waals surface area contributed by atoms with Gasteiger partial charge in [0.15, 0.2) is 10.8 Å². The van der Waals surface area contributed by atoms with Gasteiger partial charge in [0.25, 0.3) is 10.0 Å². The van der Waals surface area contributed by atoms with E-state index in [9.17, 15) is 8.42 Å². The number of aromatic nitrogens is 4. The van der Waals surface area contributed by atoms with Gasteiger partial charge in [-0.3, -0.25) is 0 Å². The lowest BCUT2D eigenvalue weighted by molar-refractivity contribution is 0.308. The van der Waals surface area contributed by atoms with Gasteiger partial charge in [-0.1, -0.05) is 0 Å². The fourth-order valence-electron chi connectivity index (χ4n) is 3.05. The van der Waals surface area contributed by atoms with Crippen molar-refractivity contribution < 1.29 is 8.42 Å². The molecule has 0 unspecified atom stereocenters. The first-order valence-electron chi connectivity index (χ1n) is 8.96. The number of sulfonamides is 1. The SMILES string of the molecule is CC(C)n1cnc(S(=O)(=O)N(C)C2CN(c3ccc(C4CC4)nn3)C2)c1. The zero-order valence-corrected chi connectivity index (χ0v) is 16.1. The van der Waals surface area contributed by atoms with E-state index in [1.165, 1.54) is 17.1 Å². The Bertz CT molecular complexity index is 882. The van der Waals surface area contributed by atoms with Gasteiger partial charge in [-0.2, -0.15) is 9.40 Å². The summed E-state index contributed by atoms with van der Waals surface area (Å²) in [6, 6.07) is 4.10. The average Bonchev–Trinajstić information content (AvgIpc) is 3.29. The topological polar surface area (TPSA) is 84.2 Å². The third-order valence-corrected chi connectivity index (χ3v) is 6.98. The van der Waals surface area contributed by atoms with E-state index in [0.717, 1.165) is 11.5 Å². The van der Waals surface area contributed by atoms with Gasteiger partial charge in [-0.25, -0.2) is 13.4 Å². The third kappa shape index (κ3) is 3.09. The van der Waals surface area contributed by atoms with Crippen LogP contribution in [-0.4, -0.2) is 58.7 Å². The standard InChI is InChI=1S/C17H24N6O2S/c1-12(2)23-10-17(18-11-23)26(24,25)21(3)14-8-22(9-14)16-7-6-15(19-20-16)13-4-5-13/h6-7,10-14H,4-5,8-9H2,1-3H3. The van der Waals surface area contributed by atoms with Crippen LogP contribution in [0.25, 0.3) is 0 Å². The molecule has 140 valence electrons. The number of likely N-dealkylation sites (N-methyl/N-ethyl adjacent to an activating group) is 1. The van der Waals surface area contributed by atoms with Crippen LogP contribution in [0.3, 0.4) is 0 Å². The largest absolute Gasteiger partial charge is 0.352 e. The zero-order valence-electron chi connectivity index (χ0n) is 15.3. The smallest absolute Gasteiger partial charge is 0.262 e. The van der Waals surface area contributed by atoms with Gasteiger partial charge in [-0.15, -0.1) is 5.10 Å². The van der Waals surface area contributed by atoms with E-state index in [1.54, 1.807) is 24.1 Å². The molecule has 0 amide bonds. The van der Waals surface area contributed by atoms with E-state index in [1.807, 2.05) is 30.9 Å². The van der Waals surface area contributed by atoms with Crippen LogP contribution in [-0.2, 0) is 10.0 Å². The zero-order chi connectivity index (χ0) is 18.5. The highest BCUT2D eigenvalue weighted by molar-refractivity contribution is 7.89. The third-order valence-electron chi connectivity index (χ3n) is 5.18. The first-order valence-corrected chi connectivity index (χ1v) is 10.4. The fraction of sp³-hybridized carbons (Fsp3) is 0.588. The summed E-state index contributed by atoms with van der Waals surface area (Å²) in [6.45, 7) is 5.19.